The molecule has 0 spiro atoms. The topological polar surface area (TPSA) is 65.2 Å². The third kappa shape index (κ3) is 3.52. The number of rotatable bonds is 3. The molecule has 2 aromatic heterocycles. The number of amides is 1. The number of methoxy groups -OCH3 is 1. The number of carbonyl (C=O) groups excluding carboxylic acids is 1. The highest BCUT2D eigenvalue weighted by molar-refractivity contribution is 6.35. The number of aromatic nitrogens is 4. The molecule has 0 N–H and O–H groups in total. The molecule has 1 aliphatic rings. The predicted octanol–water partition coefficient (Wildman–Crippen LogP) is 4.26. The van der Waals surface area contributed by atoms with Crippen LogP contribution in [0.3, 0.4) is 0 Å². The maximum Gasteiger partial charge on any atom is 0.435 e. The second-order valence-corrected chi connectivity index (χ2v) is 8.00. The summed E-state index contributed by atoms with van der Waals surface area (Å²) in [5, 5.41) is 8.39. The molecule has 1 aliphatic heterocycles. The Morgan fingerprint density at radius 2 is 1.94 bits per heavy atom. The van der Waals surface area contributed by atoms with Crippen LogP contribution in [0.15, 0.2) is 24.3 Å². The monoisotopic (exact) mass is 467 g/mol. The Morgan fingerprint density at radius 3 is 2.56 bits per heavy atom. The van der Waals surface area contributed by atoms with E-state index in [1.807, 2.05) is 6.92 Å². The van der Waals surface area contributed by atoms with E-state index in [-0.39, 0.29) is 10.9 Å². The van der Waals surface area contributed by atoms with Gasteiger partial charge in [-0.05, 0) is 31.5 Å². The Bertz CT molecular complexity index is 1200. The zero-order chi connectivity index (χ0) is 23.4. The largest absolute Gasteiger partial charge is 0.495 e. The lowest BCUT2D eigenvalue weighted by atomic mass is 9.96. The highest BCUT2D eigenvalue weighted by Gasteiger charge is 2.38. The molecule has 4 rings (SSSR count). The first kappa shape index (κ1) is 22.2. The van der Waals surface area contributed by atoms with E-state index in [0.717, 1.165) is 11.6 Å². The van der Waals surface area contributed by atoms with Crippen molar-refractivity contribution < 1.29 is 22.7 Å². The number of fused-ring (bicyclic) bond motifs is 1. The molecule has 0 radical (unpaired) electrons. The van der Waals surface area contributed by atoms with Crippen molar-refractivity contribution >= 4 is 17.5 Å². The number of carbonyl (C=O) groups is 1. The summed E-state index contributed by atoms with van der Waals surface area (Å²) in [6.07, 6.45) is -4.11. The molecular formula is C21H21ClF3N5O2. The van der Waals surface area contributed by atoms with Gasteiger partial charge in [0.15, 0.2) is 5.69 Å². The van der Waals surface area contributed by atoms with Crippen LogP contribution in [0.25, 0.3) is 11.4 Å². The van der Waals surface area contributed by atoms with Crippen LogP contribution < -0.4 is 4.74 Å². The maximum absolute atomic E-state index is 13.3. The highest BCUT2D eigenvalue weighted by Crippen LogP contribution is 2.39. The number of hydrogen-bond acceptors (Lipinski definition) is 4. The summed E-state index contributed by atoms with van der Waals surface area (Å²) in [5.41, 5.74) is 1.67. The molecule has 0 fully saturated rings. The van der Waals surface area contributed by atoms with Gasteiger partial charge < -0.3 is 9.64 Å². The molecule has 1 aromatic carbocycles. The van der Waals surface area contributed by atoms with Crippen LogP contribution in [0.4, 0.5) is 13.2 Å². The van der Waals surface area contributed by atoms with Crippen molar-refractivity contribution in [3.63, 3.8) is 0 Å². The number of alkyl halides is 3. The van der Waals surface area contributed by atoms with E-state index in [4.69, 9.17) is 16.3 Å². The van der Waals surface area contributed by atoms with Crippen LogP contribution in [0.2, 0.25) is 5.02 Å². The van der Waals surface area contributed by atoms with Gasteiger partial charge in [-0.3, -0.25) is 14.2 Å². The molecule has 0 unspecified atom stereocenters. The third-order valence-electron chi connectivity index (χ3n) is 5.73. The Kier molecular flexibility index (Phi) is 5.44. The van der Waals surface area contributed by atoms with Gasteiger partial charge >= 0.3 is 6.18 Å². The summed E-state index contributed by atoms with van der Waals surface area (Å²) in [4.78, 5) is 14.9. The number of aryl methyl sites for hydroxylation is 2. The van der Waals surface area contributed by atoms with Gasteiger partial charge in [-0.25, -0.2) is 0 Å². The van der Waals surface area contributed by atoms with Gasteiger partial charge in [-0.2, -0.15) is 23.4 Å². The molecule has 32 heavy (non-hydrogen) atoms. The van der Waals surface area contributed by atoms with Crippen LogP contribution in [0.5, 0.6) is 5.75 Å². The molecule has 170 valence electrons. The van der Waals surface area contributed by atoms with Gasteiger partial charge in [0.25, 0.3) is 5.91 Å². The molecule has 7 nitrogen and oxygen atoms in total. The van der Waals surface area contributed by atoms with E-state index in [0.29, 0.717) is 41.4 Å². The zero-order valence-corrected chi connectivity index (χ0v) is 18.6. The number of nitrogens with zero attached hydrogens (tertiary/aromatic N) is 5. The van der Waals surface area contributed by atoms with Gasteiger partial charge in [-0.15, -0.1) is 0 Å². The quantitative estimate of drug-likeness (QED) is 0.577. The normalized spacial score (nSPS) is 16.2. The molecule has 0 saturated heterocycles. The predicted molar refractivity (Wildman–Crippen MR) is 112 cm³/mol. The second kappa shape index (κ2) is 7.84. The molecule has 1 amide bonds. The molecule has 3 heterocycles. The number of halogens is 4. The van der Waals surface area contributed by atoms with E-state index in [1.165, 1.54) is 18.8 Å². The third-order valence-corrected chi connectivity index (χ3v) is 6.12. The van der Waals surface area contributed by atoms with Crippen LogP contribution in [-0.4, -0.2) is 44.0 Å². The zero-order valence-electron chi connectivity index (χ0n) is 17.9. The van der Waals surface area contributed by atoms with Gasteiger partial charge in [0.1, 0.15) is 5.75 Å². The maximum atomic E-state index is 13.3. The van der Waals surface area contributed by atoms with Crippen molar-refractivity contribution in [1.29, 1.82) is 0 Å². The summed E-state index contributed by atoms with van der Waals surface area (Å²) >= 11 is 6.34. The van der Waals surface area contributed by atoms with Crippen molar-refractivity contribution in [2.75, 3.05) is 13.7 Å². The van der Waals surface area contributed by atoms with E-state index in [1.54, 1.807) is 34.8 Å². The second-order valence-electron chi connectivity index (χ2n) is 7.62. The summed E-state index contributed by atoms with van der Waals surface area (Å²) in [6, 6.07) is 5.62. The van der Waals surface area contributed by atoms with Crippen molar-refractivity contribution in [3.8, 4) is 17.1 Å². The lowest BCUT2D eigenvalue weighted by Crippen LogP contribution is -2.39. The SMILES string of the molecule is COc1cccc(C(=O)N2CCc3c(nn(C)c3-c3cc(C(F)(F)F)nn3C)[C@@H]2C)c1Cl. The van der Waals surface area contributed by atoms with Crippen LogP contribution in [0, 0.1) is 0 Å². The van der Waals surface area contributed by atoms with Gasteiger partial charge in [0, 0.05) is 26.2 Å². The minimum atomic E-state index is -4.54. The first-order valence-corrected chi connectivity index (χ1v) is 10.2. The van der Waals surface area contributed by atoms with Crippen molar-refractivity contribution in [2.45, 2.75) is 25.6 Å². The van der Waals surface area contributed by atoms with Crippen LogP contribution in [0.1, 0.15) is 40.3 Å². The fourth-order valence-corrected chi connectivity index (χ4v) is 4.44. The van der Waals surface area contributed by atoms with Crippen LogP contribution >= 0.6 is 11.6 Å². The van der Waals surface area contributed by atoms with Crippen molar-refractivity contribution in [3.05, 3.63) is 51.8 Å². The van der Waals surface area contributed by atoms with Crippen LogP contribution in [-0.2, 0) is 26.7 Å². The lowest BCUT2D eigenvalue weighted by Gasteiger charge is -2.33. The summed E-state index contributed by atoms with van der Waals surface area (Å²) in [5.74, 6) is 0.138. The van der Waals surface area contributed by atoms with Gasteiger partial charge in [0.2, 0.25) is 0 Å². The molecule has 0 saturated carbocycles. The van der Waals surface area contributed by atoms with Crippen molar-refractivity contribution in [1.82, 2.24) is 24.5 Å². The Labute approximate surface area is 187 Å². The molecule has 11 heteroatoms. The molecule has 0 aliphatic carbocycles. The van der Waals surface area contributed by atoms with Crippen molar-refractivity contribution in [2.24, 2.45) is 14.1 Å². The standard InChI is InChI=1S/C21H21ClF3N5O2/c1-11-18-13(8-9-30(11)20(31)12-6-5-7-15(32-4)17(12)22)19(29(3)27-18)14-10-16(21(23,24)25)26-28(14)2/h5-7,10-11H,8-9H2,1-4H3/t11-/m0/s1. The average Bonchev–Trinajstić information content (AvgIpc) is 3.27. The highest BCUT2D eigenvalue weighted by atomic mass is 35.5. The number of ether oxygens (including phenoxy) is 1. The van der Waals surface area contributed by atoms with Gasteiger partial charge in [-0.1, -0.05) is 17.7 Å². The molecule has 1 atom stereocenters. The summed E-state index contributed by atoms with van der Waals surface area (Å²) in [6.45, 7) is 2.20. The lowest BCUT2D eigenvalue weighted by molar-refractivity contribution is -0.141. The summed E-state index contributed by atoms with van der Waals surface area (Å²) < 4.78 is 47.4. The fourth-order valence-electron chi connectivity index (χ4n) is 4.16. The Morgan fingerprint density at radius 1 is 1.22 bits per heavy atom. The minimum Gasteiger partial charge on any atom is -0.495 e. The Hall–Kier alpha value is -3.01. The first-order valence-electron chi connectivity index (χ1n) is 9.85. The molecule has 0 bridgehead atoms. The molecular weight excluding hydrogens is 447 g/mol. The number of benzene rings is 1. The first-order chi connectivity index (χ1) is 15.0. The van der Waals surface area contributed by atoms with E-state index >= 15 is 0 Å². The van der Waals surface area contributed by atoms with E-state index in [2.05, 4.69) is 10.2 Å². The smallest absolute Gasteiger partial charge is 0.435 e. The van der Waals surface area contributed by atoms with Gasteiger partial charge in [0.05, 0.1) is 40.8 Å². The molecule has 3 aromatic rings. The fraction of sp³-hybridized carbons (Fsp3) is 0.381. The minimum absolute atomic E-state index is 0.231. The Balaban J connectivity index is 1.71. The van der Waals surface area contributed by atoms with E-state index in [9.17, 15) is 18.0 Å². The summed E-state index contributed by atoms with van der Waals surface area (Å²) in [7, 11) is 4.62. The average molecular weight is 468 g/mol. The number of hydrogen-bond donors (Lipinski definition) is 0. The van der Waals surface area contributed by atoms with E-state index < -0.39 is 17.9 Å².